The van der Waals surface area contributed by atoms with Crippen LogP contribution in [0, 0.1) is 0 Å². The van der Waals surface area contributed by atoms with Crippen molar-refractivity contribution in [3.05, 3.63) is 53.7 Å². The molecule has 1 aliphatic carbocycles. The average molecular weight is 379 g/mol. The molecule has 3 rings (SSSR count). The summed E-state index contributed by atoms with van der Waals surface area (Å²) in [6.07, 6.45) is 0.104. The summed E-state index contributed by atoms with van der Waals surface area (Å²) in [5, 5.41) is 3.02. The summed E-state index contributed by atoms with van der Waals surface area (Å²) < 4.78 is 43.0. The van der Waals surface area contributed by atoms with Crippen LogP contribution < -0.4 is 15.8 Å². The number of amides is 1. The predicted octanol–water partition coefficient (Wildman–Crippen LogP) is 3.89. The fourth-order valence-electron chi connectivity index (χ4n) is 3.15. The number of ether oxygens (including phenoxy) is 1. The number of carbonyl (C=O) groups is 1. The third kappa shape index (κ3) is 4.57. The van der Waals surface area contributed by atoms with Gasteiger partial charge in [-0.3, -0.25) is 4.79 Å². The van der Waals surface area contributed by atoms with E-state index in [1.807, 2.05) is 0 Å². The van der Waals surface area contributed by atoms with Crippen molar-refractivity contribution in [3.63, 3.8) is 0 Å². The van der Waals surface area contributed by atoms with E-state index in [2.05, 4.69) is 10.3 Å². The van der Waals surface area contributed by atoms with E-state index in [1.165, 1.54) is 0 Å². The summed E-state index contributed by atoms with van der Waals surface area (Å²) in [6.45, 7) is 0.402. The van der Waals surface area contributed by atoms with Gasteiger partial charge in [-0.15, -0.1) is 0 Å². The quantitative estimate of drug-likeness (QED) is 0.826. The lowest BCUT2D eigenvalue weighted by molar-refractivity contribution is -0.137. The largest absolute Gasteiger partial charge is 0.439 e. The third-order valence-corrected chi connectivity index (χ3v) is 4.73. The minimum absolute atomic E-state index is 0.0354. The zero-order valence-corrected chi connectivity index (χ0v) is 14.6. The molecular weight excluding hydrogens is 359 g/mol. The van der Waals surface area contributed by atoms with Gasteiger partial charge in [-0.1, -0.05) is 12.8 Å². The highest BCUT2D eigenvalue weighted by Crippen LogP contribution is 2.31. The van der Waals surface area contributed by atoms with Gasteiger partial charge in [-0.25, -0.2) is 4.98 Å². The Morgan fingerprint density at radius 3 is 2.33 bits per heavy atom. The van der Waals surface area contributed by atoms with E-state index in [1.54, 1.807) is 24.3 Å². The number of benzene rings is 1. The van der Waals surface area contributed by atoms with Gasteiger partial charge in [0.1, 0.15) is 5.75 Å². The SMILES string of the molecule is NCC1(NC(=O)c2ccc(Oc3ccc(C(F)(F)F)cn3)cc2)CCCC1. The number of pyridine rings is 1. The maximum atomic E-state index is 12.5. The number of hydrogen-bond acceptors (Lipinski definition) is 4. The molecule has 3 N–H and O–H groups in total. The summed E-state index contributed by atoms with van der Waals surface area (Å²) in [5.74, 6) is 0.197. The van der Waals surface area contributed by atoms with E-state index in [0.717, 1.165) is 37.8 Å². The van der Waals surface area contributed by atoms with E-state index in [9.17, 15) is 18.0 Å². The Morgan fingerprint density at radius 2 is 1.81 bits per heavy atom. The van der Waals surface area contributed by atoms with E-state index in [-0.39, 0.29) is 17.3 Å². The van der Waals surface area contributed by atoms with Gasteiger partial charge in [0.05, 0.1) is 11.1 Å². The zero-order chi connectivity index (χ0) is 19.5. The maximum absolute atomic E-state index is 12.5. The topological polar surface area (TPSA) is 77.2 Å². The first-order valence-corrected chi connectivity index (χ1v) is 8.65. The van der Waals surface area contributed by atoms with Gasteiger partial charge in [-0.2, -0.15) is 13.2 Å². The van der Waals surface area contributed by atoms with Crippen LogP contribution in [0.15, 0.2) is 42.6 Å². The van der Waals surface area contributed by atoms with Crippen molar-refractivity contribution in [3.8, 4) is 11.6 Å². The predicted molar refractivity (Wildman–Crippen MR) is 93.5 cm³/mol. The number of aromatic nitrogens is 1. The third-order valence-electron chi connectivity index (χ3n) is 4.73. The molecule has 1 amide bonds. The summed E-state index contributed by atoms with van der Waals surface area (Å²) in [6, 6.07) is 8.37. The second kappa shape index (κ2) is 7.56. The number of nitrogens with two attached hydrogens (primary N) is 1. The fourth-order valence-corrected chi connectivity index (χ4v) is 3.15. The van der Waals surface area contributed by atoms with Crippen LogP contribution in [0.25, 0.3) is 0 Å². The van der Waals surface area contributed by atoms with E-state index < -0.39 is 11.7 Å². The van der Waals surface area contributed by atoms with Crippen molar-refractivity contribution in [1.29, 1.82) is 0 Å². The van der Waals surface area contributed by atoms with Crippen LogP contribution in [0.4, 0.5) is 13.2 Å². The number of hydrogen-bond donors (Lipinski definition) is 2. The van der Waals surface area contributed by atoms with Crippen molar-refractivity contribution in [2.24, 2.45) is 5.73 Å². The lowest BCUT2D eigenvalue weighted by Gasteiger charge is -2.28. The highest BCUT2D eigenvalue weighted by atomic mass is 19.4. The number of alkyl halides is 3. The molecule has 1 saturated carbocycles. The Kier molecular flexibility index (Phi) is 5.36. The van der Waals surface area contributed by atoms with Crippen LogP contribution in [0.1, 0.15) is 41.6 Å². The molecule has 1 aromatic heterocycles. The second-order valence-electron chi connectivity index (χ2n) is 6.65. The van der Waals surface area contributed by atoms with E-state index in [4.69, 9.17) is 10.5 Å². The first kappa shape index (κ1) is 19.2. The molecule has 0 aliphatic heterocycles. The summed E-state index contributed by atoms with van der Waals surface area (Å²) in [7, 11) is 0. The van der Waals surface area contributed by atoms with Gasteiger partial charge in [0, 0.05) is 24.4 Å². The van der Waals surface area contributed by atoms with Crippen LogP contribution in [-0.4, -0.2) is 23.0 Å². The van der Waals surface area contributed by atoms with Gasteiger partial charge < -0.3 is 15.8 Å². The number of nitrogens with one attached hydrogen (secondary N) is 1. The Balaban J connectivity index is 1.64. The first-order valence-electron chi connectivity index (χ1n) is 8.65. The van der Waals surface area contributed by atoms with E-state index in [0.29, 0.717) is 24.1 Å². The second-order valence-corrected chi connectivity index (χ2v) is 6.65. The monoisotopic (exact) mass is 379 g/mol. The van der Waals surface area contributed by atoms with Crippen molar-refractivity contribution < 1.29 is 22.7 Å². The van der Waals surface area contributed by atoms with Crippen LogP contribution in [-0.2, 0) is 6.18 Å². The van der Waals surface area contributed by atoms with Crippen molar-refractivity contribution in [1.82, 2.24) is 10.3 Å². The number of rotatable bonds is 5. The normalized spacial score (nSPS) is 16.1. The number of nitrogens with zero attached hydrogens (tertiary/aromatic N) is 1. The molecule has 0 atom stereocenters. The molecule has 0 saturated heterocycles. The molecule has 1 heterocycles. The van der Waals surface area contributed by atoms with Gasteiger partial charge in [0.15, 0.2) is 0 Å². The minimum Gasteiger partial charge on any atom is -0.439 e. The highest BCUT2D eigenvalue weighted by Gasteiger charge is 2.34. The van der Waals surface area contributed by atoms with Crippen molar-refractivity contribution in [2.75, 3.05) is 6.54 Å². The van der Waals surface area contributed by atoms with Crippen LogP contribution in [0.2, 0.25) is 0 Å². The molecular formula is C19H20F3N3O2. The molecule has 1 aromatic carbocycles. The van der Waals surface area contributed by atoms with Crippen molar-refractivity contribution >= 4 is 5.91 Å². The van der Waals surface area contributed by atoms with Crippen LogP contribution in [0.3, 0.4) is 0 Å². The first-order chi connectivity index (χ1) is 12.8. The van der Waals surface area contributed by atoms with Gasteiger partial charge in [0.25, 0.3) is 5.91 Å². The lowest BCUT2D eigenvalue weighted by Crippen LogP contribution is -2.51. The molecule has 1 fully saturated rings. The standard InChI is InChI=1S/C19H20F3N3O2/c20-19(21,22)14-5-8-16(24-11-14)27-15-6-3-13(4-7-15)17(26)25-18(12-23)9-1-2-10-18/h3-8,11H,1-2,9-10,12,23H2,(H,25,26). The maximum Gasteiger partial charge on any atom is 0.417 e. The summed E-state index contributed by atoms with van der Waals surface area (Å²) in [5.41, 5.74) is 5.11. The molecule has 27 heavy (non-hydrogen) atoms. The Labute approximate surface area is 154 Å². The zero-order valence-electron chi connectivity index (χ0n) is 14.6. The minimum atomic E-state index is -4.44. The van der Waals surface area contributed by atoms with Crippen LogP contribution in [0.5, 0.6) is 11.6 Å². The lowest BCUT2D eigenvalue weighted by atomic mass is 9.97. The Morgan fingerprint density at radius 1 is 1.15 bits per heavy atom. The van der Waals surface area contributed by atoms with Crippen molar-refractivity contribution in [2.45, 2.75) is 37.4 Å². The number of carbonyl (C=O) groups excluding carboxylic acids is 1. The molecule has 0 spiro atoms. The van der Waals surface area contributed by atoms with Gasteiger partial charge in [-0.05, 0) is 43.2 Å². The molecule has 144 valence electrons. The molecule has 1 aliphatic rings. The van der Waals surface area contributed by atoms with Crippen LogP contribution >= 0.6 is 0 Å². The average Bonchev–Trinajstić information content (AvgIpc) is 3.11. The summed E-state index contributed by atoms with van der Waals surface area (Å²) in [4.78, 5) is 16.1. The number of halogens is 3. The molecule has 0 bridgehead atoms. The van der Waals surface area contributed by atoms with Gasteiger partial charge >= 0.3 is 6.18 Å². The highest BCUT2D eigenvalue weighted by molar-refractivity contribution is 5.94. The summed E-state index contributed by atoms with van der Waals surface area (Å²) >= 11 is 0. The molecule has 2 aromatic rings. The molecule has 0 radical (unpaired) electrons. The molecule has 8 heteroatoms. The fraction of sp³-hybridized carbons (Fsp3) is 0.368. The van der Waals surface area contributed by atoms with E-state index >= 15 is 0 Å². The van der Waals surface area contributed by atoms with Gasteiger partial charge in [0.2, 0.25) is 5.88 Å². The Bertz CT molecular complexity index is 783. The smallest absolute Gasteiger partial charge is 0.417 e. The Hall–Kier alpha value is -2.61. The molecule has 5 nitrogen and oxygen atoms in total. The molecule has 0 unspecified atom stereocenters.